The number of aliphatic carboxylic acids is 1. The Morgan fingerprint density at radius 3 is 2.75 bits per heavy atom. The molecule has 0 radical (unpaired) electrons. The van der Waals surface area contributed by atoms with Gasteiger partial charge in [-0.2, -0.15) is 0 Å². The maximum Gasteiger partial charge on any atom is 0.341 e. The van der Waals surface area contributed by atoms with E-state index >= 15 is 0 Å². The number of carbonyl (C=O) groups is 1. The molecule has 7 heteroatoms. The number of hydrogen-bond donors (Lipinski definition) is 3. The Balaban J connectivity index is 1.62. The predicted molar refractivity (Wildman–Crippen MR) is 140 cm³/mol. The van der Waals surface area contributed by atoms with Gasteiger partial charge in [0.05, 0.1) is 18.2 Å². The van der Waals surface area contributed by atoms with Gasteiger partial charge in [-0.05, 0) is 87.3 Å². The molecule has 0 aliphatic heterocycles. The second kappa shape index (κ2) is 14.1. The summed E-state index contributed by atoms with van der Waals surface area (Å²) >= 11 is 0. The number of allylic oxidation sites excluding steroid dienone is 1. The monoisotopic (exact) mass is 503 g/mol. The topological polar surface area (TPSA) is 111 Å². The van der Waals surface area contributed by atoms with E-state index in [1.165, 1.54) is 5.56 Å². The van der Waals surface area contributed by atoms with Crippen molar-refractivity contribution in [3.05, 3.63) is 41.5 Å². The molecule has 7 unspecified atom stereocenters. The zero-order valence-electron chi connectivity index (χ0n) is 22.1. The Morgan fingerprint density at radius 2 is 2.03 bits per heavy atom. The zero-order valence-corrected chi connectivity index (χ0v) is 22.1. The fourth-order valence-corrected chi connectivity index (χ4v) is 5.93. The first-order valence-electron chi connectivity index (χ1n) is 13.7. The van der Waals surface area contributed by atoms with Gasteiger partial charge in [0, 0.05) is 0 Å². The largest absolute Gasteiger partial charge is 0.482 e. The summed E-state index contributed by atoms with van der Waals surface area (Å²) in [6.07, 6.45) is 11.8. The highest BCUT2D eigenvalue weighted by Crippen LogP contribution is 2.48. The Morgan fingerprint density at radius 1 is 1.22 bits per heavy atom. The van der Waals surface area contributed by atoms with Crippen LogP contribution in [0.2, 0.25) is 0 Å². The fourth-order valence-electron chi connectivity index (χ4n) is 5.93. The number of ether oxygens (including phenoxy) is 1. The van der Waals surface area contributed by atoms with Crippen molar-refractivity contribution in [2.24, 2.45) is 23.5 Å². The van der Waals surface area contributed by atoms with Crippen LogP contribution in [0.5, 0.6) is 5.75 Å². The molecule has 36 heavy (non-hydrogen) atoms. The van der Waals surface area contributed by atoms with E-state index in [1.54, 1.807) is 0 Å². The molecule has 1 fully saturated rings. The van der Waals surface area contributed by atoms with Crippen LogP contribution in [0.1, 0.15) is 76.8 Å². The number of hydrogen-bond acceptors (Lipinski definition) is 6. The van der Waals surface area contributed by atoms with Gasteiger partial charge in [0.2, 0.25) is 0 Å². The summed E-state index contributed by atoms with van der Waals surface area (Å²) < 4.78 is 5.57. The van der Waals surface area contributed by atoms with Crippen molar-refractivity contribution < 1.29 is 29.5 Å². The summed E-state index contributed by atoms with van der Waals surface area (Å²) in [7, 11) is 0. The van der Waals surface area contributed by atoms with Crippen LogP contribution in [-0.4, -0.2) is 47.1 Å². The van der Waals surface area contributed by atoms with E-state index in [9.17, 15) is 9.90 Å². The molecule has 4 N–H and O–H groups in total. The van der Waals surface area contributed by atoms with Gasteiger partial charge >= 0.3 is 5.97 Å². The molecule has 1 saturated carbocycles. The van der Waals surface area contributed by atoms with Gasteiger partial charge in [-0.25, -0.2) is 14.6 Å². The number of nitrogens with two attached hydrogens (primary N) is 1. The highest BCUT2D eigenvalue weighted by molar-refractivity contribution is 5.68. The van der Waals surface area contributed by atoms with E-state index in [0.717, 1.165) is 63.4 Å². The van der Waals surface area contributed by atoms with Crippen LogP contribution in [0.3, 0.4) is 0 Å². The van der Waals surface area contributed by atoms with Crippen LogP contribution in [-0.2, 0) is 27.4 Å². The SMILES string of the molecule is CC=CC(N)C(C)OOC(CCCCC)CCC1C(O)CC2Cc3c(cccc3OCC(=O)O)CC21. The van der Waals surface area contributed by atoms with Crippen LogP contribution in [0.4, 0.5) is 0 Å². The summed E-state index contributed by atoms with van der Waals surface area (Å²) in [4.78, 5) is 22.6. The Bertz CT molecular complexity index is 858. The molecule has 2 aliphatic carbocycles. The van der Waals surface area contributed by atoms with E-state index in [2.05, 4.69) is 13.0 Å². The molecule has 7 nitrogen and oxygen atoms in total. The third-order valence-electron chi connectivity index (χ3n) is 7.95. The molecular formula is C29H45NO6. The first-order valence-corrected chi connectivity index (χ1v) is 13.7. The van der Waals surface area contributed by atoms with Gasteiger partial charge in [0.15, 0.2) is 6.61 Å². The second-order valence-corrected chi connectivity index (χ2v) is 10.6. The normalized spacial score (nSPS) is 25.8. The van der Waals surface area contributed by atoms with Crippen LogP contribution in [0.25, 0.3) is 0 Å². The summed E-state index contributed by atoms with van der Waals surface area (Å²) in [5.41, 5.74) is 8.44. The van der Waals surface area contributed by atoms with Crippen molar-refractivity contribution in [3.63, 3.8) is 0 Å². The van der Waals surface area contributed by atoms with Gasteiger partial charge in [0.1, 0.15) is 11.9 Å². The van der Waals surface area contributed by atoms with Crippen LogP contribution >= 0.6 is 0 Å². The van der Waals surface area contributed by atoms with E-state index in [4.69, 9.17) is 25.4 Å². The van der Waals surface area contributed by atoms with Crippen molar-refractivity contribution in [1.29, 1.82) is 0 Å². The van der Waals surface area contributed by atoms with Crippen LogP contribution < -0.4 is 10.5 Å². The maximum atomic E-state index is 11.0. The van der Waals surface area contributed by atoms with E-state index in [0.29, 0.717) is 17.6 Å². The van der Waals surface area contributed by atoms with E-state index in [1.807, 2.05) is 38.1 Å². The smallest absolute Gasteiger partial charge is 0.341 e. The highest BCUT2D eigenvalue weighted by Gasteiger charge is 2.45. The number of rotatable bonds is 15. The average Bonchev–Trinajstić information content (AvgIpc) is 3.16. The minimum Gasteiger partial charge on any atom is -0.482 e. The molecule has 1 aromatic rings. The lowest BCUT2D eigenvalue weighted by Crippen LogP contribution is -2.34. The lowest BCUT2D eigenvalue weighted by Gasteiger charge is -2.33. The van der Waals surface area contributed by atoms with Crippen molar-refractivity contribution in [2.45, 2.75) is 103 Å². The molecule has 7 atom stereocenters. The lowest BCUT2D eigenvalue weighted by molar-refractivity contribution is -0.351. The predicted octanol–water partition coefficient (Wildman–Crippen LogP) is 4.83. The number of carboxylic acid groups (broad SMARTS) is 1. The van der Waals surface area contributed by atoms with Gasteiger partial charge in [-0.1, -0.05) is 50.5 Å². The number of aliphatic hydroxyl groups excluding tert-OH is 1. The molecule has 2 aliphatic rings. The van der Waals surface area contributed by atoms with Crippen LogP contribution in [0.15, 0.2) is 30.4 Å². The molecule has 0 amide bonds. The first kappa shape index (κ1) is 28.6. The fraction of sp³-hybridized carbons (Fsp3) is 0.690. The van der Waals surface area contributed by atoms with Crippen molar-refractivity contribution in [1.82, 2.24) is 0 Å². The second-order valence-electron chi connectivity index (χ2n) is 10.6. The van der Waals surface area contributed by atoms with E-state index in [-0.39, 0.29) is 36.9 Å². The third-order valence-corrected chi connectivity index (χ3v) is 7.95. The highest BCUT2D eigenvalue weighted by atomic mass is 17.2. The standard InChI is InChI=1S/C29H45NO6/c1-4-6-7-11-22(36-35-19(3)26(30)9-5-2)13-14-23-24-15-20-10-8-12-28(34-18-29(32)33)25(20)16-21(24)17-27(23)31/h5,8-10,12,19,21-24,26-27,31H,4,6-7,11,13-18,30H2,1-3H3,(H,32,33). The summed E-state index contributed by atoms with van der Waals surface area (Å²) in [5, 5.41) is 20.0. The van der Waals surface area contributed by atoms with Crippen molar-refractivity contribution >= 4 is 5.97 Å². The van der Waals surface area contributed by atoms with Crippen LogP contribution in [0, 0.1) is 17.8 Å². The number of carboxylic acids is 1. The van der Waals surface area contributed by atoms with Gasteiger partial charge in [-0.3, -0.25) is 0 Å². The molecular weight excluding hydrogens is 458 g/mol. The lowest BCUT2D eigenvalue weighted by atomic mass is 9.73. The van der Waals surface area contributed by atoms with Gasteiger partial charge < -0.3 is 20.7 Å². The minimum atomic E-state index is -0.976. The van der Waals surface area contributed by atoms with Gasteiger partial charge in [-0.15, -0.1) is 0 Å². The quantitative estimate of drug-likeness (QED) is 0.136. The zero-order chi connectivity index (χ0) is 26.1. The minimum absolute atomic E-state index is 0.0186. The molecule has 0 heterocycles. The summed E-state index contributed by atoms with van der Waals surface area (Å²) in [6.45, 7) is 5.72. The molecule has 0 spiro atoms. The number of aliphatic hydroxyl groups is 1. The number of unbranched alkanes of at least 4 members (excludes halogenated alkanes) is 2. The Hall–Kier alpha value is -1.93. The molecule has 3 rings (SSSR count). The first-order chi connectivity index (χ1) is 17.3. The molecule has 202 valence electrons. The van der Waals surface area contributed by atoms with Gasteiger partial charge in [0.25, 0.3) is 0 Å². The Labute approximate surface area is 215 Å². The maximum absolute atomic E-state index is 11.0. The third kappa shape index (κ3) is 7.78. The van der Waals surface area contributed by atoms with E-state index < -0.39 is 5.97 Å². The van der Waals surface area contributed by atoms with Crippen molar-refractivity contribution in [3.8, 4) is 5.75 Å². The molecule has 0 saturated heterocycles. The summed E-state index contributed by atoms with van der Waals surface area (Å²) in [6, 6.07) is 5.69. The average molecular weight is 504 g/mol. The number of fused-ring (bicyclic) bond motifs is 2. The number of benzene rings is 1. The van der Waals surface area contributed by atoms with Crippen molar-refractivity contribution in [2.75, 3.05) is 6.61 Å². The Kier molecular flexibility index (Phi) is 11.2. The molecule has 0 aromatic heterocycles. The molecule has 0 bridgehead atoms. The summed E-state index contributed by atoms with van der Waals surface area (Å²) in [5.74, 6) is 0.684. The molecule has 1 aromatic carbocycles.